The second-order valence-electron chi connectivity index (χ2n) is 5.48. The molecular weight excluding hydrogens is 286 g/mol. The number of benzene rings is 1. The molecule has 0 aromatic heterocycles. The van der Waals surface area contributed by atoms with Crippen LogP contribution in [0.4, 0.5) is 8.78 Å². The minimum Gasteiger partial charge on any atom is -0.315 e. The van der Waals surface area contributed by atoms with Crippen LogP contribution in [0, 0.1) is 17.6 Å². The number of halogens is 2. The first-order chi connectivity index (χ1) is 9.41. The fraction of sp³-hybridized carbons (Fsp3) is 0.538. The van der Waals surface area contributed by atoms with Gasteiger partial charge in [0.2, 0.25) is 10.0 Å². The molecule has 1 aromatic rings. The van der Waals surface area contributed by atoms with Crippen molar-refractivity contribution in [3.63, 3.8) is 0 Å². The van der Waals surface area contributed by atoms with Gasteiger partial charge in [0, 0.05) is 18.6 Å². The summed E-state index contributed by atoms with van der Waals surface area (Å²) in [5.74, 6) is -1.41. The zero-order valence-corrected chi connectivity index (χ0v) is 11.8. The third-order valence-corrected chi connectivity index (χ3v) is 6.21. The maximum absolute atomic E-state index is 13.8. The van der Waals surface area contributed by atoms with Gasteiger partial charge in [0.05, 0.1) is 0 Å². The smallest absolute Gasteiger partial charge is 0.246 e. The Kier molecular flexibility index (Phi) is 3.30. The Morgan fingerprint density at radius 2 is 2.05 bits per heavy atom. The van der Waals surface area contributed by atoms with E-state index in [2.05, 4.69) is 5.32 Å². The molecule has 3 atom stereocenters. The predicted octanol–water partition coefficient (Wildman–Crippen LogP) is 1.34. The first-order valence-electron chi connectivity index (χ1n) is 6.60. The fourth-order valence-electron chi connectivity index (χ4n) is 3.33. The lowest BCUT2D eigenvalue weighted by atomic mass is 10.0. The van der Waals surface area contributed by atoms with Crippen molar-refractivity contribution in [3.8, 4) is 0 Å². The van der Waals surface area contributed by atoms with Gasteiger partial charge in [-0.15, -0.1) is 0 Å². The van der Waals surface area contributed by atoms with E-state index in [4.69, 9.17) is 0 Å². The van der Waals surface area contributed by atoms with E-state index in [1.807, 2.05) is 6.92 Å². The molecule has 3 unspecified atom stereocenters. The van der Waals surface area contributed by atoms with Crippen molar-refractivity contribution < 1.29 is 17.2 Å². The standard InChI is InChI=1S/C13H16F2N2O2S/c1-8-4-9-6-16-7-12(9)17(8)20(18,19)13-5-10(14)2-3-11(13)15/h2-3,5,8-9,12,16H,4,6-7H2,1H3. The Balaban J connectivity index is 2.05. The van der Waals surface area contributed by atoms with Crippen LogP contribution in [0.15, 0.2) is 23.1 Å². The molecule has 0 spiro atoms. The molecule has 2 saturated heterocycles. The topological polar surface area (TPSA) is 49.4 Å². The van der Waals surface area contributed by atoms with Crippen molar-refractivity contribution in [2.75, 3.05) is 13.1 Å². The van der Waals surface area contributed by atoms with Gasteiger partial charge in [-0.1, -0.05) is 0 Å². The highest BCUT2D eigenvalue weighted by Gasteiger charge is 2.48. The quantitative estimate of drug-likeness (QED) is 0.897. The number of hydrogen-bond donors (Lipinski definition) is 1. The van der Waals surface area contributed by atoms with Gasteiger partial charge in [0.25, 0.3) is 0 Å². The van der Waals surface area contributed by atoms with E-state index in [-0.39, 0.29) is 18.0 Å². The van der Waals surface area contributed by atoms with Crippen LogP contribution >= 0.6 is 0 Å². The van der Waals surface area contributed by atoms with Crippen molar-refractivity contribution in [3.05, 3.63) is 29.8 Å². The van der Waals surface area contributed by atoms with Crippen LogP contribution in [0.25, 0.3) is 0 Å². The zero-order valence-electron chi connectivity index (χ0n) is 11.0. The third kappa shape index (κ3) is 2.04. The summed E-state index contributed by atoms with van der Waals surface area (Å²) in [5.41, 5.74) is 0. The van der Waals surface area contributed by atoms with Crippen molar-refractivity contribution in [2.45, 2.75) is 30.3 Å². The highest BCUT2D eigenvalue weighted by atomic mass is 32.2. The fourth-order valence-corrected chi connectivity index (χ4v) is 5.30. The van der Waals surface area contributed by atoms with Crippen LogP contribution in [-0.4, -0.2) is 37.9 Å². The molecule has 4 nitrogen and oxygen atoms in total. The van der Waals surface area contributed by atoms with Gasteiger partial charge < -0.3 is 5.32 Å². The second kappa shape index (κ2) is 4.75. The molecular formula is C13H16F2N2O2S. The summed E-state index contributed by atoms with van der Waals surface area (Å²) in [6.07, 6.45) is 0.744. The summed E-state index contributed by atoms with van der Waals surface area (Å²) >= 11 is 0. The Morgan fingerprint density at radius 3 is 2.80 bits per heavy atom. The molecule has 0 amide bonds. The number of nitrogens with zero attached hydrogens (tertiary/aromatic N) is 1. The predicted molar refractivity (Wildman–Crippen MR) is 69.6 cm³/mol. The first kappa shape index (κ1) is 13.9. The summed E-state index contributed by atoms with van der Waals surface area (Å²) in [7, 11) is -4.02. The highest BCUT2D eigenvalue weighted by Crippen LogP contribution is 2.37. The maximum atomic E-state index is 13.8. The van der Waals surface area contributed by atoms with E-state index in [1.165, 1.54) is 4.31 Å². The van der Waals surface area contributed by atoms with E-state index < -0.39 is 26.6 Å². The number of fused-ring (bicyclic) bond motifs is 1. The largest absolute Gasteiger partial charge is 0.315 e. The van der Waals surface area contributed by atoms with Crippen molar-refractivity contribution in [2.24, 2.45) is 5.92 Å². The van der Waals surface area contributed by atoms with Crippen molar-refractivity contribution >= 4 is 10.0 Å². The van der Waals surface area contributed by atoms with Gasteiger partial charge in [-0.3, -0.25) is 0 Å². The number of sulfonamides is 1. The summed E-state index contributed by atoms with van der Waals surface area (Å²) in [6.45, 7) is 3.14. The molecule has 3 rings (SSSR count). The van der Waals surface area contributed by atoms with Gasteiger partial charge in [-0.05, 0) is 44.0 Å². The number of rotatable bonds is 2. The summed E-state index contributed by atoms with van der Waals surface area (Å²) in [5, 5.41) is 3.15. The van der Waals surface area contributed by atoms with Crippen molar-refractivity contribution in [1.82, 2.24) is 9.62 Å². The van der Waals surface area contributed by atoms with E-state index >= 15 is 0 Å². The molecule has 0 radical (unpaired) electrons. The average molecular weight is 302 g/mol. The molecule has 2 aliphatic heterocycles. The molecule has 20 heavy (non-hydrogen) atoms. The maximum Gasteiger partial charge on any atom is 0.246 e. The lowest BCUT2D eigenvalue weighted by Gasteiger charge is -2.26. The normalized spacial score (nSPS) is 30.6. The summed E-state index contributed by atoms with van der Waals surface area (Å²) in [4.78, 5) is -0.572. The monoisotopic (exact) mass is 302 g/mol. The highest BCUT2D eigenvalue weighted by molar-refractivity contribution is 7.89. The lowest BCUT2D eigenvalue weighted by Crippen LogP contribution is -2.43. The van der Waals surface area contributed by atoms with Gasteiger partial charge in [0.1, 0.15) is 16.5 Å². The Hall–Kier alpha value is -1.05. The van der Waals surface area contributed by atoms with Crippen LogP contribution < -0.4 is 5.32 Å². The Bertz CT molecular complexity index is 635. The molecule has 1 aromatic carbocycles. The lowest BCUT2D eigenvalue weighted by molar-refractivity contribution is 0.333. The Labute approximate surface area is 116 Å². The van der Waals surface area contributed by atoms with Crippen LogP contribution in [-0.2, 0) is 10.0 Å². The molecule has 1 N–H and O–H groups in total. The van der Waals surface area contributed by atoms with Crippen LogP contribution in [0.1, 0.15) is 13.3 Å². The van der Waals surface area contributed by atoms with Crippen LogP contribution in [0.5, 0.6) is 0 Å². The van der Waals surface area contributed by atoms with Gasteiger partial charge in [-0.25, -0.2) is 17.2 Å². The molecule has 2 aliphatic rings. The van der Waals surface area contributed by atoms with Gasteiger partial charge in [0.15, 0.2) is 0 Å². The van der Waals surface area contributed by atoms with E-state index in [9.17, 15) is 17.2 Å². The first-order valence-corrected chi connectivity index (χ1v) is 8.04. The minimum atomic E-state index is -4.02. The SMILES string of the molecule is CC1CC2CNCC2N1S(=O)(=O)c1cc(F)ccc1F. The summed E-state index contributed by atoms with van der Waals surface area (Å²) < 4.78 is 53.7. The molecule has 0 bridgehead atoms. The average Bonchev–Trinajstić information content (AvgIpc) is 2.91. The zero-order chi connectivity index (χ0) is 14.5. The van der Waals surface area contributed by atoms with Crippen LogP contribution in [0.3, 0.4) is 0 Å². The minimum absolute atomic E-state index is 0.169. The number of hydrogen-bond acceptors (Lipinski definition) is 3. The van der Waals surface area contributed by atoms with E-state index in [0.29, 0.717) is 6.54 Å². The van der Waals surface area contributed by atoms with Gasteiger partial charge >= 0.3 is 0 Å². The molecule has 2 fully saturated rings. The third-order valence-electron chi connectivity index (χ3n) is 4.16. The Morgan fingerprint density at radius 1 is 1.30 bits per heavy atom. The second-order valence-corrected chi connectivity index (χ2v) is 7.29. The van der Waals surface area contributed by atoms with E-state index in [1.54, 1.807) is 0 Å². The summed E-state index contributed by atoms with van der Waals surface area (Å²) in [6, 6.07) is 2.17. The molecule has 7 heteroatoms. The molecule has 0 aliphatic carbocycles. The number of nitrogens with one attached hydrogen (secondary N) is 1. The molecule has 2 heterocycles. The molecule has 110 valence electrons. The van der Waals surface area contributed by atoms with Crippen molar-refractivity contribution in [1.29, 1.82) is 0 Å². The van der Waals surface area contributed by atoms with Gasteiger partial charge in [-0.2, -0.15) is 4.31 Å². The van der Waals surface area contributed by atoms with Crippen LogP contribution in [0.2, 0.25) is 0 Å². The van der Waals surface area contributed by atoms with E-state index in [0.717, 1.165) is 31.2 Å². The molecule has 0 saturated carbocycles.